The van der Waals surface area contributed by atoms with Gasteiger partial charge in [0.15, 0.2) is 0 Å². The molecule has 1 amide bonds. The average molecular weight is 468 g/mol. The molecule has 1 heterocycles. The van der Waals surface area contributed by atoms with Gasteiger partial charge in [-0.25, -0.2) is 0 Å². The van der Waals surface area contributed by atoms with Crippen LogP contribution in [0.25, 0.3) is 5.76 Å². The van der Waals surface area contributed by atoms with E-state index >= 15 is 0 Å². The van der Waals surface area contributed by atoms with Crippen LogP contribution in [0.4, 0.5) is 5.69 Å². The number of Topliss-reactive ketones (excluding diaryl/α,β-unsaturated/α-hetero) is 1. The summed E-state index contributed by atoms with van der Waals surface area (Å²) in [7, 11) is 0. The molecule has 0 spiro atoms. The van der Waals surface area contributed by atoms with E-state index in [4.69, 9.17) is 4.74 Å². The summed E-state index contributed by atoms with van der Waals surface area (Å²) in [6.45, 7) is 9.01. The van der Waals surface area contributed by atoms with Crippen LogP contribution in [-0.4, -0.2) is 54.3 Å². The average Bonchev–Trinajstić information content (AvgIpc) is 3.10. The molecule has 1 fully saturated rings. The number of nitrogens with one attached hydrogen (secondary N) is 1. The summed E-state index contributed by atoms with van der Waals surface area (Å²) in [5.41, 5.74) is 0.492. The Morgan fingerprint density at radius 1 is 1.03 bits per heavy atom. The Balaban J connectivity index is 2.07. The van der Waals surface area contributed by atoms with Crippen molar-refractivity contribution in [2.75, 3.05) is 32.8 Å². The highest BCUT2D eigenvalue weighted by molar-refractivity contribution is 6.46. The zero-order chi connectivity index (χ0) is 24.8. The number of rotatable bonds is 10. The van der Waals surface area contributed by atoms with E-state index in [-0.39, 0.29) is 23.4 Å². The van der Waals surface area contributed by atoms with Gasteiger partial charge in [0.2, 0.25) is 5.78 Å². The number of nitro groups is 1. The molecule has 0 radical (unpaired) electrons. The number of non-ortho nitro benzene ring substituents is 1. The van der Waals surface area contributed by atoms with Crippen molar-refractivity contribution in [2.24, 2.45) is 0 Å². The molecule has 0 bridgehead atoms. The van der Waals surface area contributed by atoms with Crippen LogP contribution >= 0.6 is 0 Å². The minimum atomic E-state index is -0.908. The molecule has 0 aromatic heterocycles. The molecule has 0 aliphatic carbocycles. The number of hydrogen-bond donors (Lipinski definition) is 1. The van der Waals surface area contributed by atoms with Crippen LogP contribution in [0.3, 0.4) is 0 Å². The normalized spacial score (nSPS) is 17.4. The molecule has 1 aliphatic heterocycles. The van der Waals surface area contributed by atoms with Crippen molar-refractivity contribution in [3.8, 4) is 5.75 Å². The number of nitrogens with zero attached hydrogens (tertiary/aromatic N) is 2. The van der Waals surface area contributed by atoms with Crippen molar-refractivity contribution in [2.45, 2.75) is 26.8 Å². The number of quaternary nitrogens is 1. The molecule has 1 unspecified atom stereocenters. The smallest absolute Gasteiger partial charge is 0.295 e. The van der Waals surface area contributed by atoms with Crippen LogP contribution in [0.15, 0.2) is 54.1 Å². The molecule has 1 saturated heterocycles. The second-order valence-electron chi connectivity index (χ2n) is 7.99. The van der Waals surface area contributed by atoms with Gasteiger partial charge in [-0.1, -0.05) is 17.9 Å². The first-order chi connectivity index (χ1) is 16.3. The van der Waals surface area contributed by atoms with Crippen LogP contribution in [0.1, 0.15) is 37.9 Å². The summed E-state index contributed by atoms with van der Waals surface area (Å²) in [5, 5.41) is 24.5. The minimum Gasteiger partial charge on any atom is -0.872 e. The SMILES string of the molecule is CCOc1ccc(C([O-])=C2C(=O)C(=O)N(CC[NH+](CC)CC)C2c2ccc([N+](=O)[O-])cc2)cc1. The van der Waals surface area contributed by atoms with E-state index < -0.39 is 28.4 Å². The van der Waals surface area contributed by atoms with Gasteiger partial charge in [-0.05, 0) is 56.2 Å². The van der Waals surface area contributed by atoms with Gasteiger partial charge in [0.05, 0.1) is 43.8 Å². The van der Waals surface area contributed by atoms with Gasteiger partial charge in [0, 0.05) is 17.7 Å². The highest BCUT2D eigenvalue weighted by Crippen LogP contribution is 2.39. The maximum Gasteiger partial charge on any atom is 0.295 e. The number of carbonyl (C=O) groups is 2. The first-order valence-electron chi connectivity index (χ1n) is 11.4. The number of ether oxygens (including phenoxy) is 1. The molecule has 0 saturated carbocycles. The number of likely N-dealkylation sites (N-methyl/N-ethyl adjacent to an activating group) is 1. The molecule has 2 aromatic carbocycles. The van der Waals surface area contributed by atoms with Gasteiger partial charge in [-0.2, -0.15) is 0 Å². The quantitative estimate of drug-likeness (QED) is 0.184. The predicted octanol–water partition coefficient (Wildman–Crippen LogP) is 1.14. The summed E-state index contributed by atoms with van der Waals surface area (Å²) >= 11 is 0. The van der Waals surface area contributed by atoms with E-state index in [1.165, 1.54) is 34.1 Å². The molecule has 1 N–H and O–H groups in total. The summed E-state index contributed by atoms with van der Waals surface area (Å²) in [4.78, 5) is 39.3. The Bertz CT molecular complexity index is 1070. The molecule has 1 atom stereocenters. The van der Waals surface area contributed by atoms with E-state index in [0.29, 0.717) is 24.5 Å². The van der Waals surface area contributed by atoms with Gasteiger partial charge in [0.1, 0.15) is 5.75 Å². The number of carbonyl (C=O) groups excluding carboxylic acids is 2. The van der Waals surface area contributed by atoms with Crippen LogP contribution in [0.2, 0.25) is 0 Å². The fourth-order valence-corrected chi connectivity index (χ4v) is 4.13. The molecule has 3 rings (SSSR count). The van der Waals surface area contributed by atoms with Crippen LogP contribution in [0.5, 0.6) is 5.75 Å². The lowest BCUT2D eigenvalue weighted by atomic mass is 9.95. The van der Waals surface area contributed by atoms with Crippen LogP contribution in [0, 0.1) is 10.1 Å². The Kier molecular flexibility index (Phi) is 8.01. The number of benzene rings is 2. The van der Waals surface area contributed by atoms with E-state index in [1.807, 2.05) is 20.8 Å². The van der Waals surface area contributed by atoms with Crippen molar-refractivity contribution in [1.82, 2.24) is 4.90 Å². The van der Waals surface area contributed by atoms with Crippen LogP contribution < -0.4 is 14.7 Å². The second-order valence-corrected chi connectivity index (χ2v) is 7.99. The summed E-state index contributed by atoms with van der Waals surface area (Å²) in [6.07, 6.45) is 0. The lowest BCUT2D eigenvalue weighted by molar-refractivity contribution is -0.895. The monoisotopic (exact) mass is 467 g/mol. The maximum atomic E-state index is 13.4. The molecular weight excluding hydrogens is 438 g/mol. The molecular formula is C25H29N3O6. The Morgan fingerprint density at radius 2 is 1.65 bits per heavy atom. The van der Waals surface area contributed by atoms with Crippen molar-refractivity contribution in [3.63, 3.8) is 0 Å². The minimum absolute atomic E-state index is 0.113. The number of likely N-dealkylation sites (tertiary alicyclic amines) is 1. The lowest BCUT2D eigenvalue weighted by Gasteiger charge is -2.28. The van der Waals surface area contributed by atoms with E-state index in [1.54, 1.807) is 24.3 Å². The highest BCUT2D eigenvalue weighted by atomic mass is 16.6. The third kappa shape index (κ3) is 5.09. The molecule has 34 heavy (non-hydrogen) atoms. The first kappa shape index (κ1) is 24.9. The zero-order valence-electron chi connectivity index (χ0n) is 19.6. The van der Waals surface area contributed by atoms with Crippen molar-refractivity contribution >= 4 is 23.1 Å². The van der Waals surface area contributed by atoms with Gasteiger partial charge < -0.3 is 19.6 Å². The maximum absolute atomic E-state index is 13.4. The van der Waals surface area contributed by atoms with Crippen molar-refractivity contribution in [3.05, 3.63) is 75.3 Å². The molecule has 1 aliphatic rings. The third-order valence-electron chi connectivity index (χ3n) is 6.08. The third-order valence-corrected chi connectivity index (χ3v) is 6.08. The van der Waals surface area contributed by atoms with Gasteiger partial charge >= 0.3 is 0 Å². The van der Waals surface area contributed by atoms with Crippen molar-refractivity contribution in [1.29, 1.82) is 0 Å². The summed E-state index contributed by atoms with van der Waals surface area (Å²) < 4.78 is 5.41. The van der Waals surface area contributed by atoms with Gasteiger partial charge in [-0.15, -0.1) is 0 Å². The standard InChI is InChI=1S/C25H29N3O6/c1-4-26(5-2)15-16-27-22(17-7-11-19(12-8-17)28(32)33)21(24(30)25(27)31)23(29)18-9-13-20(14-10-18)34-6-3/h7-14,22,29H,4-6,15-16H2,1-3H3. The molecule has 2 aromatic rings. The molecule has 9 nitrogen and oxygen atoms in total. The Hall–Kier alpha value is -3.72. The first-order valence-corrected chi connectivity index (χ1v) is 11.4. The molecule has 9 heteroatoms. The van der Waals surface area contributed by atoms with E-state index in [9.17, 15) is 24.8 Å². The Morgan fingerprint density at radius 3 is 2.18 bits per heavy atom. The van der Waals surface area contributed by atoms with Crippen molar-refractivity contribution < 1.29 is 29.3 Å². The second kappa shape index (κ2) is 10.9. The number of nitro benzene ring substituents is 1. The lowest BCUT2D eigenvalue weighted by Crippen LogP contribution is -3.12. The zero-order valence-corrected chi connectivity index (χ0v) is 19.6. The van der Waals surface area contributed by atoms with Gasteiger partial charge in [0.25, 0.3) is 11.6 Å². The summed E-state index contributed by atoms with van der Waals surface area (Å²) in [6, 6.07) is 11.1. The van der Waals surface area contributed by atoms with Gasteiger partial charge in [-0.3, -0.25) is 19.7 Å². The number of ketones is 1. The Labute approximate surface area is 198 Å². The fourth-order valence-electron chi connectivity index (χ4n) is 4.13. The summed E-state index contributed by atoms with van der Waals surface area (Å²) in [5.74, 6) is -1.52. The topological polar surface area (TPSA) is 117 Å². The van der Waals surface area contributed by atoms with E-state index in [2.05, 4.69) is 0 Å². The predicted molar refractivity (Wildman–Crippen MR) is 124 cm³/mol. The van der Waals surface area contributed by atoms with Crippen LogP contribution in [-0.2, 0) is 9.59 Å². The fraction of sp³-hybridized carbons (Fsp3) is 0.360. The largest absolute Gasteiger partial charge is 0.872 e. The van der Waals surface area contributed by atoms with E-state index in [0.717, 1.165) is 13.1 Å². The highest BCUT2D eigenvalue weighted by Gasteiger charge is 2.44. The number of hydrogen-bond acceptors (Lipinski definition) is 6. The molecule has 180 valence electrons. The number of amides is 1.